The number of anilines is 2. The minimum atomic E-state index is -1.14. The number of benzene rings is 1. The van der Waals surface area contributed by atoms with Crippen LogP contribution in [0.3, 0.4) is 0 Å². The van der Waals surface area contributed by atoms with Gasteiger partial charge in [0.1, 0.15) is 5.82 Å². The number of hydrogen-bond donors (Lipinski definition) is 2. The van der Waals surface area contributed by atoms with Crippen LogP contribution in [0.25, 0.3) is 0 Å². The lowest BCUT2D eigenvalue weighted by molar-refractivity contribution is -0.146. The average molecular weight is 423 g/mol. The molecule has 1 aromatic carbocycles. The molecule has 0 aliphatic carbocycles. The van der Waals surface area contributed by atoms with Crippen molar-refractivity contribution in [2.24, 2.45) is 5.92 Å². The molecule has 29 heavy (non-hydrogen) atoms. The predicted molar refractivity (Wildman–Crippen MR) is 106 cm³/mol. The number of likely N-dealkylation sites (tertiary alicyclic amines) is 1. The molecule has 0 spiro atoms. The van der Waals surface area contributed by atoms with E-state index < -0.39 is 29.5 Å². The molecule has 1 saturated heterocycles. The van der Waals surface area contributed by atoms with E-state index in [0.29, 0.717) is 35.6 Å². The Morgan fingerprint density at radius 1 is 1.28 bits per heavy atom. The third-order valence-electron chi connectivity index (χ3n) is 5.04. The highest BCUT2D eigenvalue weighted by atomic mass is 35.5. The standard InChI is InChI=1S/C20H21ClF2N4O2/c1-10-3-4-16(12-6-14(21)17(23)15(22)7-12)27(9-10)20(29)19(28)26-13-5-11(2)18(24)25-8-13/h5-8,10,16H,3-4,9H2,1-2H3,(H2,24,25)(H,26,28)/t10-,16+/m1/s1. The fourth-order valence-electron chi connectivity index (χ4n) is 3.46. The summed E-state index contributed by atoms with van der Waals surface area (Å²) in [5.41, 5.74) is 7.02. The van der Waals surface area contributed by atoms with Gasteiger partial charge in [-0.1, -0.05) is 18.5 Å². The molecule has 2 atom stereocenters. The number of nitrogens with one attached hydrogen (secondary N) is 1. The van der Waals surface area contributed by atoms with Gasteiger partial charge in [-0.05, 0) is 55.0 Å². The number of nitrogens with two attached hydrogens (primary N) is 1. The number of hydrogen-bond acceptors (Lipinski definition) is 4. The van der Waals surface area contributed by atoms with E-state index in [1.165, 1.54) is 17.2 Å². The molecule has 0 unspecified atom stereocenters. The number of aryl methyl sites for hydroxylation is 1. The number of piperidine rings is 1. The van der Waals surface area contributed by atoms with Crippen LogP contribution in [-0.2, 0) is 9.59 Å². The number of carbonyl (C=O) groups is 2. The smallest absolute Gasteiger partial charge is 0.313 e. The maximum Gasteiger partial charge on any atom is 0.313 e. The largest absolute Gasteiger partial charge is 0.383 e. The van der Waals surface area contributed by atoms with Gasteiger partial charge in [-0.25, -0.2) is 13.8 Å². The molecule has 0 radical (unpaired) electrons. The summed E-state index contributed by atoms with van der Waals surface area (Å²) in [5.74, 6) is -3.35. The quantitative estimate of drug-likeness (QED) is 0.568. The number of pyridine rings is 1. The van der Waals surface area contributed by atoms with Gasteiger partial charge in [0.05, 0.1) is 22.9 Å². The Balaban J connectivity index is 1.85. The van der Waals surface area contributed by atoms with E-state index in [9.17, 15) is 18.4 Å². The average Bonchev–Trinajstić information content (AvgIpc) is 2.67. The number of aromatic nitrogens is 1. The monoisotopic (exact) mass is 422 g/mol. The molecular weight excluding hydrogens is 402 g/mol. The van der Waals surface area contributed by atoms with Crippen LogP contribution in [0.5, 0.6) is 0 Å². The van der Waals surface area contributed by atoms with Crippen molar-refractivity contribution in [3.8, 4) is 0 Å². The van der Waals surface area contributed by atoms with Crippen LogP contribution in [0.15, 0.2) is 24.4 Å². The van der Waals surface area contributed by atoms with Crippen molar-refractivity contribution >= 4 is 34.9 Å². The molecule has 0 bridgehead atoms. The van der Waals surface area contributed by atoms with Crippen LogP contribution >= 0.6 is 11.6 Å². The van der Waals surface area contributed by atoms with E-state index in [1.807, 2.05) is 6.92 Å². The molecule has 1 aliphatic rings. The van der Waals surface area contributed by atoms with Gasteiger partial charge in [0, 0.05) is 6.54 Å². The van der Waals surface area contributed by atoms with Gasteiger partial charge in [0.15, 0.2) is 11.6 Å². The summed E-state index contributed by atoms with van der Waals surface area (Å²) in [7, 11) is 0. The van der Waals surface area contributed by atoms with Gasteiger partial charge >= 0.3 is 11.8 Å². The Labute approximate surface area is 172 Å². The number of rotatable bonds is 2. The molecule has 3 N–H and O–H groups in total. The third-order valence-corrected chi connectivity index (χ3v) is 5.32. The SMILES string of the molecule is Cc1cc(NC(=O)C(=O)N2C[C@H](C)CC[C@H]2c2cc(F)c(F)c(Cl)c2)cnc1N. The zero-order valence-corrected chi connectivity index (χ0v) is 16.8. The highest BCUT2D eigenvalue weighted by Gasteiger charge is 2.35. The predicted octanol–water partition coefficient (Wildman–Crippen LogP) is 3.84. The van der Waals surface area contributed by atoms with E-state index in [2.05, 4.69) is 10.3 Å². The van der Waals surface area contributed by atoms with Crippen LogP contribution in [0.4, 0.5) is 20.3 Å². The summed E-state index contributed by atoms with van der Waals surface area (Å²) in [4.78, 5) is 30.8. The Kier molecular flexibility index (Phi) is 6.02. The number of nitrogen functional groups attached to an aromatic ring is 1. The van der Waals surface area contributed by atoms with Gasteiger partial charge in [0.25, 0.3) is 0 Å². The van der Waals surface area contributed by atoms with Gasteiger partial charge < -0.3 is 16.0 Å². The molecule has 1 fully saturated rings. The lowest BCUT2D eigenvalue weighted by Gasteiger charge is -2.38. The van der Waals surface area contributed by atoms with E-state index in [0.717, 1.165) is 12.5 Å². The van der Waals surface area contributed by atoms with Crippen LogP contribution in [-0.4, -0.2) is 28.2 Å². The molecule has 3 rings (SSSR count). The fraction of sp³-hybridized carbons (Fsp3) is 0.350. The molecule has 2 aromatic rings. The van der Waals surface area contributed by atoms with Gasteiger partial charge in [-0.15, -0.1) is 0 Å². The molecule has 9 heteroatoms. The van der Waals surface area contributed by atoms with Crippen molar-refractivity contribution in [2.75, 3.05) is 17.6 Å². The van der Waals surface area contributed by atoms with Crippen LogP contribution < -0.4 is 11.1 Å². The first-order valence-electron chi connectivity index (χ1n) is 9.16. The topological polar surface area (TPSA) is 88.3 Å². The molecule has 2 amide bonds. The number of carbonyl (C=O) groups excluding carboxylic acids is 2. The van der Waals surface area contributed by atoms with Gasteiger partial charge in [0.2, 0.25) is 0 Å². The van der Waals surface area contributed by atoms with Crippen LogP contribution in [0.2, 0.25) is 5.02 Å². The van der Waals surface area contributed by atoms with Crippen molar-refractivity contribution in [3.05, 3.63) is 52.2 Å². The maximum absolute atomic E-state index is 13.9. The molecule has 0 saturated carbocycles. The number of amides is 2. The second-order valence-electron chi connectivity index (χ2n) is 7.33. The van der Waals surface area contributed by atoms with Crippen molar-refractivity contribution in [2.45, 2.75) is 32.7 Å². The zero-order chi connectivity index (χ0) is 21.3. The summed E-state index contributed by atoms with van der Waals surface area (Å²) in [6, 6.07) is 3.35. The van der Waals surface area contributed by atoms with Gasteiger partial charge in [-0.3, -0.25) is 9.59 Å². The Bertz CT molecular complexity index is 946. The summed E-state index contributed by atoms with van der Waals surface area (Å²) in [6.45, 7) is 4.00. The highest BCUT2D eigenvalue weighted by molar-refractivity contribution is 6.39. The van der Waals surface area contributed by atoms with E-state index in [4.69, 9.17) is 17.3 Å². The van der Waals surface area contributed by atoms with E-state index >= 15 is 0 Å². The van der Waals surface area contributed by atoms with Crippen molar-refractivity contribution in [3.63, 3.8) is 0 Å². The number of halogens is 3. The second-order valence-corrected chi connectivity index (χ2v) is 7.74. The highest BCUT2D eigenvalue weighted by Crippen LogP contribution is 2.35. The molecule has 6 nitrogen and oxygen atoms in total. The fourth-order valence-corrected chi connectivity index (χ4v) is 3.68. The van der Waals surface area contributed by atoms with Crippen molar-refractivity contribution < 1.29 is 18.4 Å². The second kappa shape index (κ2) is 8.32. The van der Waals surface area contributed by atoms with E-state index in [-0.39, 0.29) is 10.9 Å². The van der Waals surface area contributed by atoms with E-state index in [1.54, 1.807) is 13.0 Å². The molecule has 1 aliphatic heterocycles. The lowest BCUT2D eigenvalue weighted by atomic mass is 9.89. The first-order valence-corrected chi connectivity index (χ1v) is 9.53. The normalized spacial score (nSPS) is 19.1. The van der Waals surface area contributed by atoms with Crippen molar-refractivity contribution in [1.29, 1.82) is 0 Å². The maximum atomic E-state index is 13.9. The summed E-state index contributed by atoms with van der Waals surface area (Å²) in [6.07, 6.45) is 2.64. The van der Waals surface area contributed by atoms with Crippen molar-refractivity contribution in [1.82, 2.24) is 9.88 Å². The van der Waals surface area contributed by atoms with Gasteiger partial charge in [-0.2, -0.15) is 0 Å². The van der Waals surface area contributed by atoms with Crippen LogP contribution in [0, 0.1) is 24.5 Å². The van der Waals surface area contributed by atoms with Crippen LogP contribution in [0.1, 0.15) is 36.9 Å². The number of nitrogens with zero attached hydrogens (tertiary/aromatic N) is 2. The molecule has 2 heterocycles. The summed E-state index contributed by atoms with van der Waals surface area (Å²) in [5, 5.41) is 2.16. The Morgan fingerprint density at radius 3 is 2.66 bits per heavy atom. The Morgan fingerprint density at radius 2 is 2.00 bits per heavy atom. The molecule has 154 valence electrons. The molecular formula is C20H21ClF2N4O2. The molecule has 1 aromatic heterocycles. The summed E-state index contributed by atoms with van der Waals surface area (Å²) < 4.78 is 27.4. The third kappa shape index (κ3) is 4.48. The minimum Gasteiger partial charge on any atom is -0.383 e. The first-order chi connectivity index (χ1) is 13.7. The first kappa shape index (κ1) is 21.0. The zero-order valence-electron chi connectivity index (χ0n) is 16.0. The summed E-state index contributed by atoms with van der Waals surface area (Å²) >= 11 is 5.78. The lowest BCUT2D eigenvalue weighted by Crippen LogP contribution is -2.46. The Hall–Kier alpha value is -2.74. The minimum absolute atomic E-state index is 0.157.